The van der Waals surface area contributed by atoms with Crippen molar-refractivity contribution in [1.82, 2.24) is 0 Å². The van der Waals surface area contributed by atoms with E-state index in [9.17, 15) is 0 Å². The van der Waals surface area contributed by atoms with E-state index in [1.807, 2.05) is 0 Å². The van der Waals surface area contributed by atoms with Crippen molar-refractivity contribution in [3.05, 3.63) is 65.3 Å². The summed E-state index contributed by atoms with van der Waals surface area (Å²) in [5, 5.41) is 0. The third-order valence-corrected chi connectivity index (χ3v) is 4.02. The van der Waals surface area contributed by atoms with Gasteiger partial charge in [0, 0.05) is 0 Å². The van der Waals surface area contributed by atoms with Crippen LogP contribution in [0.15, 0.2) is 59.7 Å². The van der Waals surface area contributed by atoms with Crippen LogP contribution in [-0.4, -0.2) is 0 Å². The highest BCUT2D eigenvalue weighted by Crippen LogP contribution is 2.43. The predicted octanol–water partition coefficient (Wildman–Crippen LogP) is 4.76. The molecule has 0 aliphatic heterocycles. The molecule has 2 aliphatic carbocycles. The normalized spacial score (nSPS) is 25.5. The first kappa shape index (κ1) is 10.6. The molecule has 0 saturated heterocycles. The van der Waals surface area contributed by atoms with Gasteiger partial charge in [-0.15, -0.1) is 0 Å². The van der Waals surface area contributed by atoms with Gasteiger partial charge < -0.3 is 0 Å². The van der Waals surface area contributed by atoms with E-state index in [1.54, 1.807) is 11.1 Å². The van der Waals surface area contributed by atoms with E-state index >= 15 is 0 Å². The Morgan fingerprint density at radius 2 is 2.00 bits per heavy atom. The van der Waals surface area contributed by atoms with Gasteiger partial charge in [-0.25, -0.2) is 0 Å². The van der Waals surface area contributed by atoms with Crippen LogP contribution in [0.5, 0.6) is 0 Å². The van der Waals surface area contributed by atoms with Crippen LogP contribution in [0.4, 0.5) is 0 Å². The van der Waals surface area contributed by atoms with Gasteiger partial charge in [0.25, 0.3) is 0 Å². The van der Waals surface area contributed by atoms with Crippen molar-refractivity contribution in [3.8, 4) is 0 Å². The average molecular weight is 222 g/mol. The summed E-state index contributed by atoms with van der Waals surface area (Å²) in [7, 11) is 0. The van der Waals surface area contributed by atoms with Gasteiger partial charge in [-0.1, -0.05) is 48.6 Å². The SMILES string of the molecule is CC(=C1CCC2CC=CC=C12)c1ccccc1. The fraction of sp³-hybridized carbons (Fsp3) is 0.294. The third kappa shape index (κ3) is 1.88. The molecule has 0 N–H and O–H groups in total. The first-order valence-corrected chi connectivity index (χ1v) is 6.48. The molecule has 1 saturated carbocycles. The van der Waals surface area contributed by atoms with Crippen molar-refractivity contribution in [3.63, 3.8) is 0 Å². The summed E-state index contributed by atoms with van der Waals surface area (Å²) in [6.45, 7) is 2.27. The number of hydrogen-bond donors (Lipinski definition) is 0. The van der Waals surface area contributed by atoms with Crippen LogP contribution < -0.4 is 0 Å². The molecule has 0 aromatic heterocycles. The number of fused-ring (bicyclic) bond motifs is 1. The van der Waals surface area contributed by atoms with E-state index < -0.39 is 0 Å². The minimum atomic E-state index is 0.786. The number of allylic oxidation sites excluding steroid dienone is 6. The summed E-state index contributed by atoms with van der Waals surface area (Å²) in [5.74, 6) is 0.786. The zero-order chi connectivity index (χ0) is 11.7. The highest BCUT2D eigenvalue weighted by molar-refractivity contribution is 5.72. The second kappa shape index (κ2) is 4.37. The van der Waals surface area contributed by atoms with Crippen molar-refractivity contribution >= 4 is 5.57 Å². The van der Waals surface area contributed by atoms with Gasteiger partial charge in [0.15, 0.2) is 0 Å². The molecular weight excluding hydrogens is 204 g/mol. The Balaban J connectivity index is 2.04. The Morgan fingerprint density at radius 1 is 1.18 bits per heavy atom. The van der Waals surface area contributed by atoms with E-state index in [2.05, 4.69) is 55.5 Å². The molecular formula is C17H18. The van der Waals surface area contributed by atoms with Crippen molar-refractivity contribution in [1.29, 1.82) is 0 Å². The largest absolute Gasteiger partial charge is 0.0839 e. The fourth-order valence-electron chi connectivity index (χ4n) is 3.03. The van der Waals surface area contributed by atoms with Crippen LogP contribution in [0, 0.1) is 5.92 Å². The molecule has 1 atom stereocenters. The Kier molecular flexibility index (Phi) is 2.72. The summed E-state index contributed by atoms with van der Waals surface area (Å²) < 4.78 is 0. The number of hydrogen-bond acceptors (Lipinski definition) is 0. The summed E-state index contributed by atoms with van der Waals surface area (Å²) in [4.78, 5) is 0. The average Bonchev–Trinajstić information content (AvgIpc) is 2.83. The second-order valence-corrected chi connectivity index (χ2v) is 4.99. The molecule has 17 heavy (non-hydrogen) atoms. The maximum absolute atomic E-state index is 2.32. The number of benzene rings is 1. The van der Waals surface area contributed by atoms with Gasteiger partial charge >= 0.3 is 0 Å². The quantitative estimate of drug-likeness (QED) is 0.643. The molecule has 0 radical (unpaired) electrons. The maximum Gasteiger partial charge on any atom is -0.0121 e. The zero-order valence-electron chi connectivity index (χ0n) is 10.3. The third-order valence-electron chi connectivity index (χ3n) is 4.02. The second-order valence-electron chi connectivity index (χ2n) is 4.99. The Morgan fingerprint density at radius 3 is 2.82 bits per heavy atom. The zero-order valence-corrected chi connectivity index (χ0v) is 10.3. The standard InChI is InChI=1S/C17H18/c1-13(14-7-3-2-4-8-14)16-12-11-15-9-5-6-10-17(15)16/h2-8,10,15H,9,11-12H2,1H3. The molecule has 86 valence electrons. The lowest BCUT2D eigenvalue weighted by Gasteiger charge is -2.15. The maximum atomic E-state index is 2.32. The van der Waals surface area contributed by atoms with Crippen LogP contribution >= 0.6 is 0 Å². The van der Waals surface area contributed by atoms with E-state index in [0.29, 0.717) is 0 Å². The van der Waals surface area contributed by atoms with Crippen molar-refractivity contribution < 1.29 is 0 Å². The van der Waals surface area contributed by atoms with E-state index in [-0.39, 0.29) is 0 Å². The first-order chi connectivity index (χ1) is 8.36. The lowest BCUT2D eigenvalue weighted by Crippen LogP contribution is -1.99. The lowest BCUT2D eigenvalue weighted by atomic mass is 9.90. The van der Waals surface area contributed by atoms with Gasteiger partial charge in [-0.2, -0.15) is 0 Å². The predicted molar refractivity (Wildman–Crippen MR) is 73.6 cm³/mol. The molecule has 3 rings (SSSR count). The summed E-state index contributed by atoms with van der Waals surface area (Å²) in [5.41, 5.74) is 6.02. The molecule has 1 fully saturated rings. The fourth-order valence-corrected chi connectivity index (χ4v) is 3.03. The monoisotopic (exact) mass is 222 g/mol. The van der Waals surface area contributed by atoms with Crippen LogP contribution in [-0.2, 0) is 0 Å². The molecule has 0 heteroatoms. The van der Waals surface area contributed by atoms with Crippen LogP contribution in [0.2, 0.25) is 0 Å². The molecule has 0 amide bonds. The molecule has 1 aromatic rings. The Bertz CT molecular complexity index is 500. The number of rotatable bonds is 1. The van der Waals surface area contributed by atoms with Crippen molar-refractivity contribution in [2.24, 2.45) is 5.92 Å². The van der Waals surface area contributed by atoms with Gasteiger partial charge in [0.1, 0.15) is 0 Å². The van der Waals surface area contributed by atoms with Gasteiger partial charge in [0.2, 0.25) is 0 Å². The molecule has 1 aromatic carbocycles. The van der Waals surface area contributed by atoms with Gasteiger partial charge in [0.05, 0.1) is 0 Å². The van der Waals surface area contributed by atoms with Crippen LogP contribution in [0.1, 0.15) is 31.7 Å². The van der Waals surface area contributed by atoms with E-state index in [1.165, 1.54) is 30.4 Å². The topological polar surface area (TPSA) is 0 Å². The summed E-state index contributed by atoms with van der Waals surface area (Å²) in [6, 6.07) is 10.8. The molecule has 0 bridgehead atoms. The van der Waals surface area contributed by atoms with Gasteiger partial charge in [-0.3, -0.25) is 0 Å². The summed E-state index contributed by atoms with van der Waals surface area (Å²) >= 11 is 0. The highest BCUT2D eigenvalue weighted by atomic mass is 14.3. The van der Waals surface area contributed by atoms with Crippen molar-refractivity contribution in [2.45, 2.75) is 26.2 Å². The Hall–Kier alpha value is -1.56. The minimum Gasteiger partial charge on any atom is -0.0839 e. The Labute approximate surface area is 103 Å². The smallest absolute Gasteiger partial charge is 0.0121 e. The van der Waals surface area contributed by atoms with E-state index in [0.717, 1.165) is 5.92 Å². The molecule has 1 unspecified atom stereocenters. The highest BCUT2D eigenvalue weighted by Gasteiger charge is 2.26. The van der Waals surface area contributed by atoms with Gasteiger partial charge in [-0.05, 0) is 54.4 Å². The molecule has 2 aliphatic rings. The summed E-state index contributed by atoms with van der Waals surface area (Å²) in [6.07, 6.45) is 10.7. The van der Waals surface area contributed by atoms with Crippen LogP contribution in [0.25, 0.3) is 5.57 Å². The van der Waals surface area contributed by atoms with Crippen LogP contribution in [0.3, 0.4) is 0 Å². The van der Waals surface area contributed by atoms with E-state index in [4.69, 9.17) is 0 Å². The molecule has 0 heterocycles. The van der Waals surface area contributed by atoms with Crippen molar-refractivity contribution in [2.75, 3.05) is 0 Å². The minimum absolute atomic E-state index is 0.786. The molecule has 0 spiro atoms. The molecule has 0 nitrogen and oxygen atoms in total. The lowest BCUT2D eigenvalue weighted by molar-refractivity contribution is 0.633. The first-order valence-electron chi connectivity index (χ1n) is 6.48.